The van der Waals surface area contributed by atoms with E-state index < -0.39 is 0 Å². The third kappa shape index (κ3) is 3.73. The summed E-state index contributed by atoms with van der Waals surface area (Å²) >= 11 is 0. The standard InChI is InChI=1S/C24H16N2O4/c1-4-14-11-15(5-2)23(29-16-7-9-19(25)21(27)12-16)24(18(14)6-3)30-17-8-10-20(26)22(28)13-17/h1-3,7-13,27-28H,25-26H2. The molecule has 0 saturated heterocycles. The molecule has 0 aliphatic rings. The van der Waals surface area contributed by atoms with E-state index in [2.05, 4.69) is 17.8 Å². The molecule has 0 saturated carbocycles. The lowest BCUT2D eigenvalue weighted by Crippen LogP contribution is -2.00. The van der Waals surface area contributed by atoms with Gasteiger partial charge in [-0.15, -0.1) is 19.3 Å². The highest BCUT2D eigenvalue weighted by Gasteiger charge is 2.21. The predicted molar refractivity (Wildman–Crippen MR) is 115 cm³/mol. The SMILES string of the molecule is C#Cc1cc(C#C)c(Oc2ccc(N)c(O)c2)c(Oc2ccc(N)c(O)c2)c1C#C. The molecular formula is C24H16N2O4. The number of terminal acetylenes is 3. The van der Waals surface area contributed by atoms with Crippen molar-refractivity contribution in [2.75, 3.05) is 11.5 Å². The maximum absolute atomic E-state index is 9.89. The zero-order valence-corrected chi connectivity index (χ0v) is 15.6. The minimum Gasteiger partial charge on any atom is -0.506 e. The Hall–Kier alpha value is -4.86. The summed E-state index contributed by atoms with van der Waals surface area (Å²) in [6.07, 6.45) is 16.9. The summed E-state index contributed by atoms with van der Waals surface area (Å²) in [4.78, 5) is 0. The van der Waals surface area contributed by atoms with Crippen LogP contribution in [0.25, 0.3) is 0 Å². The van der Waals surface area contributed by atoms with Gasteiger partial charge in [0.05, 0.1) is 22.5 Å². The van der Waals surface area contributed by atoms with E-state index in [9.17, 15) is 10.2 Å². The summed E-state index contributed by atoms with van der Waals surface area (Å²) in [6, 6.07) is 10.2. The van der Waals surface area contributed by atoms with E-state index in [1.807, 2.05) is 0 Å². The Morgan fingerprint density at radius 3 is 1.60 bits per heavy atom. The van der Waals surface area contributed by atoms with Gasteiger partial charge in [-0.3, -0.25) is 0 Å². The topological polar surface area (TPSA) is 111 Å². The van der Waals surface area contributed by atoms with Crippen LogP contribution in [0.1, 0.15) is 16.7 Å². The largest absolute Gasteiger partial charge is 0.506 e. The van der Waals surface area contributed by atoms with Gasteiger partial charge in [0.15, 0.2) is 11.5 Å². The van der Waals surface area contributed by atoms with Crippen molar-refractivity contribution in [3.8, 4) is 71.5 Å². The second kappa shape index (κ2) is 8.02. The zero-order valence-electron chi connectivity index (χ0n) is 15.6. The lowest BCUT2D eigenvalue weighted by molar-refractivity contribution is 0.410. The molecule has 6 heteroatoms. The summed E-state index contributed by atoms with van der Waals surface area (Å²) in [5.74, 6) is 7.74. The van der Waals surface area contributed by atoms with Gasteiger partial charge in [0, 0.05) is 17.7 Å². The molecule has 0 atom stereocenters. The van der Waals surface area contributed by atoms with E-state index >= 15 is 0 Å². The molecule has 0 spiro atoms. The van der Waals surface area contributed by atoms with Gasteiger partial charge in [-0.05, 0) is 30.3 Å². The lowest BCUT2D eigenvalue weighted by Gasteiger charge is -2.18. The van der Waals surface area contributed by atoms with Crippen molar-refractivity contribution in [2.45, 2.75) is 0 Å². The van der Waals surface area contributed by atoms with Crippen molar-refractivity contribution in [3.05, 3.63) is 59.2 Å². The number of aromatic hydroxyl groups is 2. The number of nitrogens with two attached hydrogens (primary N) is 2. The smallest absolute Gasteiger partial charge is 0.188 e. The highest BCUT2D eigenvalue weighted by atomic mass is 16.5. The highest BCUT2D eigenvalue weighted by molar-refractivity contribution is 5.70. The number of anilines is 2. The fourth-order valence-electron chi connectivity index (χ4n) is 2.61. The van der Waals surface area contributed by atoms with Gasteiger partial charge in [-0.1, -0.05) is 17.8 Å². The van der Waals surface area contributed by atoms with Crippen molar-refractivity contribution in [1.82, 2.24) is 0 Å². The molecular weight excluding hydrogens is 380 g/mol. The minimum atomic E-state index is -0.175. The maximum atomic E-state index is 9.89. The fraction of sp³-hybridized carbons (Fsp3) is 0. The molecule has 3 aromatic rings. The lowest BCUT2D eigenvalue weighted by atomic mass is 10.0. The number of phenols is 2. The number of nitrogen functional groups attached to an aromatic ring is 2. The summed E-state index contributed by atoms with van der Waals surface area (Å²) in [7, 11) is 0. The van der Waals surface area contributed by atoms with Gasteiger partial charge in [0.2, 0.25) is 0 Å². The van der Waals surface area contributed by atoms with E-state index in [1.54, 1.807) is 6.07 Å². The monoisotopic (exact) mass is 396 g/mol. The molecule has 0 aliphatic carbocycles. The highest BCUT2D eigenvalue weighted by Crippen LogP contribution is 2.43. The Labute approximate surface area is 173 Å². The van der Waals surface area contributed by atoms with Crippen LogP contribution < -0.4 is 20.9 Å². The first kappa shape index (κ1) is 19.9. The van der Waals surface area contributed by atoms with Crippen molar-refractivity contribution in [2.24, 2.45) is 0 Å². The summed E-state index contributed by atoms with van der Waals surface area (Å²) in [6.45, 7) is 0. The fourth-order valence-corrected chi connectivity index (χ4v) is 2.61. The Morgan fingerprint density at radius 1 is 0.667 bits per heavy atom. The average molecular weight is 396 g/mol. The Bertz CT molecular complexity index is 1270. The van der Waals surface area contributed by atoms with E-state index in [-0.39, 0.29) is 57.0 Å². The van der Waals surface area contributed by atoms with Crippen LogP contribution in [0.15, 0.2) is 42.5 Å². The molecule has 6 N–H and O–H groups in total. The normalized spacial score (nSPS) is 9.77. The molecule has 6 nitrogen and oxygen atoms in total. The van der Waals surface area contributed by atoms with Crippen LogP contribution in [0.3, 0.4) is 0 Å². The quantitative estimate of drug-likeness (QED) is 0.303. The summed E-state index contributed by atoms with van der Waals surface area (Å²) in [5, 5.41) is 19.8. The minimum absolute atomic E-state index is 0.0707. The molecule has 0 aromatic heterocycles. The molecule has 0 amide bonds. The Morgan fingerprint density at radius 2 is 1.17 bits per heavy atom. The Kier molecular flexibility index (Phi) is 5.32. The van der Waals surface area contributed by atoms with Crippen LogP contribution in [-0.4, -0.2) is 10.2 Å². The van der Waals surface area contributed by atoms with Gasteiger partial charge >= 0.3 is 0 Å². The van der Waals surface area contributed by atoms with Crippen LogP contribution in [0.2, 0.25) is 0 Å². The van der Waals surface area contributed by atoms with Crippen molar-refractivity contribution >= 4 is 11.4 Å². The van der Waals surface area contributed by atoms with Gasteiger partial charge in [0.1, 0.15) is 23.0 Å². The van der Waals surface area contributed by atoms with Crippen molar-refractivity contribution in [1.29, 1.82) is 0 Å². The first-order valence-corrected chi connectivity index (χ1v) is 8.51. The molecule has 146 valence electrons. The van der Waals surface area contributed by atoms with Crippen molar-refractivity contribution in [3.63, 3.8) is 0 Å². The van der Waals surface area contributed by atoms with Gasteiger partial charge in [-0.25, -0.2) is 0 Å². The van der Waals surface area contributed by atoms with Crippen LogP contribution in [0, 0.1) is 37.0 Å². The first-order chi connectivity index (χ1) is 14.4. The predicted octanol–water partition coefficient (Wildman–Crippen LogP) is 3.79. The van der Waals surface area contributed by atoms with Gasteiger partial charge < -0.3 is 31.2 Å². The summed E-state index contributed by atoms with van der Waals surface area (Å²) in [5.41, 5.74) is 12.5. The molecule has 0 radical (unpaired) electrons. The summed E-state index contributed by atoms with van der Waals surface area (Å²) < 4.78 is 11.8. The number of ether oxygens (including phenoxy) is 2. The number of benzene rings is 3. The molecule has 3 rings (SSSR count). The second-order valence-corrected chi connectivity index (χ2v) is 6.08. The molecule has 0 unspecified atom stereocenters. The molecule has 0 bridgehead atoms. The van der Waals surface area contributed by atoms with E-state index in [1.165, 1.54) is 36.4 Å². The third-order valence-electron chi connectivity index (χ3n) is 4.13. The first-order valence-electron chi connectivity index (χ1n) is 8.51. The number of rotatable bonds is 4. The van der Waals surface area contributed by atoms with Crippen LogP contribution in [-0.2, 0) is 0 Å². The molecule has 0 fully saturated rings. The van der Waals surface area contributed by atoms with Crippen LogP contribution in [0.5, 0.6) is 34.5 Å². The second-order valence-electron chi connectivity index (χ2n) is 6.08. The van der Waals surface area contributed by atoms with Crippen LogP contribution in [0.4, 0.5) is 11.4 Å². The van der Waals surface area contributed by atoms with E-state index in [0.29, 0.717) is 5.56 Å². The van der Waals surface area contributed by atoms with E-state index in [4.69, 9.17) is 40.2 Å². The average Bonchev–Trinajstić information content (AvgIpc) is 2.74. The number of hydrogen-bond acceptors (Lipinski definition) is 6. The number of phenolic OH excluding ortho intramolecular Hbond substituents is 2. The Balaban J connectivity index is 2.21. The zero-order chi connectivity index (χ0) is 21.8. The van der Waals surface area contributed by atoms with Gasteiger partial charge in [0.25, 0.3) is 0 Å². The molecule has 30 heavy (non-hydrogen) atoms. The van der Waals surface area contributed by atoms with Gasteiger partial charge in [-0.2, -0.15) is 0 Å². The van der Waals surface area contributed by atoms with Crippen LogP contribution >= 0.6 is 0 Å². The van der Waals surface area contributed by atoms with Crippen molar-refractivity contribution < 1.29 is 19.7 Å². The van der Waals surface area contributed by atoms with E-state index in [0.717, 1.165) is 0 Å². The molecule has 3 aromatic carbocycles. The molecule has 0 heterocycles. The number of hydrogen-bond donors (Lipinski definition) is 4. The molecule has 0 aliphatic heterocycles. The third-order valence-corrected chi connectivity index (χ3v) is 4.13. The maximum Gasteiger partial charge on any atom is 0.188 e.